The molecule has 0 unspecified atom stereocenters. The van der Waals surface area contributed by atoms with Crippen molar-refractivity contribution >= 4 is 11.8 Å². The second kappa shape index (κ2) is 7.99. The van der Waals surface area contributed by atoms with Gasteiger partial charge in [-0.25, -0.2) is 0 Å². The summed E-state index contributed by atoms with van der Waals surface area (Å²) in [5.74, 6) is 2.51. The van der Waals surface area contributed by atoms with Gasteiger partial charge in [-0.15, -0.1) is 0 Å². The predicted octanol–water partition coefficient (Wildman–Crippen LogP) is 2.60. The molecule has 0 amide bonds. The molecule has 1 nitrogen and oxygen atoms in total. The van der Waals surface area contributed by atoms with Crippen LogP contribution >= 0.6 is 11.8 Å². The number of hydrogen-bond donors (Lipinski definition) is 0. The lowest BCUT2D eigenvalue weighted by Gasteiger charge is -2.16. The molecule has 0 radical (unpaired) electrons. The van der Waals surface area contributed by atoms with Gasteiger partial charge >= 0.3 is 0 Å². The van der Waals surface area contributed by atoms with E-state index in [0.717, 1.165) is 13.1 Å². The summed E-state index contributed by atoms with van der Waals surface area (Å²) >= 11 is 2.01. The van der Waals surface area contributed by atoms with E-state index in [2.05, 4.69) is 25.3 Å². The summed E-state index contributed by atoms with van der Waals surface area (Å²) in [6, 6.07) is 0. The van der Waals surface area contributed by atoms with Gasteiger partial charge in [0.15, 0.2) is 0 Å². The maximum atomic E-state index is 3.75. The van der Waals surface area contributed by atoms with Gasteiger partial charge in [0.05, 0.1) is 0 Å². The van der Waals surface area contributed by atoms with Gasteiger partial charge in [0, 0.05) is 13.1 Å². The summed E-state index contributed by atoms with van der Waals surface area (Å²) in [5.41, 5.74) is 0. The number of rotatable bonds is 7. The van der Waals surface area contributed by atoms with E-state index in [1.165, 1.54) is 17.9 Å². The van der Waals surface area contributed by atoms with Gasteiger partial charge in [-0.2, -0.15) is 11.8 Å². The molecule has 11 heavy (non-hydrogen) atoms. The highest BCUT2D eigenvalue weighted by Crippen LogP contribution is 2.02. The van der Waals surface area contributed by atoms with Crippen LogP contribution in [0, 0.1) is 0 Å². The summed E-state index contributed by atoms with van der Waals surface area (Å²) in [6.07, 6.45) is 3.20. The highest BCUT2D eigenvalue weighted by atomic mass is 32.2. The van der Waals surface area contributed by atoms with Gasteiger partial charge in [-0.1, -0.05) is 13.5 Å². The molecule has 0 N–H and O–H groups in total. The Labute approximate surface area is 74.9 Å². The third-order valence-electron chi connectivity index (χ3n) is 1.60. The molecule has 0 aliphatic heterocycles. The maximum Gasteiger partial charge on any atom is 0.0180 e. The Kier molecular flexibility index (Phi) is 7.91. The maximum absolute atomic E-state index is 3.75. The van der Waals surface area contributed by atoms with Crippen LogP contribution in [0.15, 0.2) is 12.8 Å². The van der Waals surface area contributed by atoms with Crippen molar-refractivity contribution in [3.05, 3.63) is 12.8 Å². The van der Waals surface area contributed by atoms with Crippen molar-refractivity contribution in [2.75, 3.05) is 24.6 Å². The molecule has 0 aliphatic carbocycles. The van der Waals surface area contributed by atoms with Crippen molar-refractivity contribution in [1.82, 2.24) is 4.90 Å². The largest absolute Gasteiger partial charge is 0.378 e. The summed E-state index contributed by atoms with van der Waals surface area (Å²) in [6.45, 7) is 10.4. The average Bonchev–Trinajstić information content (AvgIpc) is 2.05. The van der Waals surface area contributed by atoms with Crippen LogP contribution in [-0.2, 0) is 0 Å². The first-order chi connectivity index (χ1) is 5.35. The molecule has 0 spiro atoms. The van der Waals surface area contributed by atoms with Crippen LogP contribution in [0.5, 0.6) is 0 Å². The van der Waals surface area contributed by atoms with Crippen LogP contribution in [0.2, 0.25) is 0 Å². The Morgan fingerprint density at radius 3 is 2.64 bits per heavy atom. The van der Waals surface area contributed by atoms with Crippen molar-refractivity contribution in [3.8, 4) is 0 Å². The Morgan fingerprint density at radius 1 is 1.45 bits per heavy atom. The summed E-state index contributed by atoms with van der Waals surface area (Å²) in [4.78, 5) is 2.25. The third-order valence-corrected chi connectivity index (χ3v) is 2.59. The molecule has 0 aromatic rings. The minimum atomic E-state index is 1.08. The Bertz CT molecular complexity index is 93.6. The fourth-order valence-electron chi connectivity index (χ4n) is 0.893. The van der Waals surface area contributed by atoms with Crippen LogP contribution in [-0.4, -0.2) is 29.5 Å². The van der Waals surface area contributed by atoms with E-state index < -0.39 is 0 Å². The predicted molar refractivity (Wildman–Crippen MR) is 55.1 cm³/mol. The van der Waals surface area contributed by atoms with Gasteiger partial charge in [0.25, 0.3) is 0 Å². The molecule has 0 bridgehead atoms. The summed E-state index contributed by atoms with van der Waals surface area (Å²) in [7, 11) is 0. The van der Waals surface area contributed by atoms with Gasteiger partial charge in [-0.3, -0.25) is 0 Å². The molecule has 0 saturated heterocycles. The van der Waals surface area contributed by atoms with E-state index >= 15 is 0 Å². The standard InChI is InChI=1S/C9H19NS/c1-4-10(5-2)8-7-9-11-6-3/h4H,1,5-9H2,2-3H3. The zero-order valence-electron chi connectivity index (χ0n) is 7.68. The van der Waals surface area contributed by atoms with E-state index in [1.54, 1.807) is 0 Å². The van der Waals surface area contributed by atoms with Gasteiger partial charge in [0.2, 0.25) is 0 Å². The highest BCUT2D eigenvalue weighted by Gasteiger charge is 1.93. The Morgan fingerprint density at radius 2 is 2.18 bits per heavy atom. The molecule has 66 valence electrons. The second-order valence-electron chi connectivity index (χ2n) is 2.36. The minimum absolute atomic E-state index is 1.08. The molecule has 0 heterocycles. The van der Waals surface area contributed by atoms with E-state index in [9.17, 15) is 0 Å². The van der Waals surface area contributed by atoms with Crippen LogP contribution < -0.4 is 0 Å². The van der Waals surface area contributed by atoms with Crippen molar-refractivity contribution in [1.29, 1.82) is 0 Å². The monoisotopic (exact) mass is 173 g/mol. The zero-order chi connectivity index (χ0) is 8.53. The average molecular weight is 173 g/mol. The highest BCUT2D eigenvalue weighted by molar-refractivity contribution is 7.99. The van der Waals surface area contributed by atoms with Crippen molar-refractivity contribution < 1.29 is 0 Å². The SMILES string of the molecule is C=CN(CC)CCCSCC. The first kappa shape index (κ1) is 10.9. The van der Waals surface area contributed by atoms with Crippen molar-refractivity contribution in [3.63, 3.8) is 0 Å². The van der Waals surface area contributed by atoms with E-state index in [-0.39, 0.29) is 0 Å². The Hall–Kier alpha value is -0.110. The molecular weight excluding hydrogens is 154 g/mol. The quantitative estimate of drug-likeness (QED) is 0.544. The molecule has 2 heteroatoms. The van der Waals surface area contributed by atoms with E-state index in [0.29, 0.717) is 0 Å². The number of hydrogen-bond acceptors (Lipinski definition) is 2. The molecule has 0 aromatic heterocycles. The number of nitrogens with zero attached hydrogens (tertiary/aromatic N) is 1. The van der Waals surface area contributed by atoms with Crippen LogP contribution in [0.25, 0.3) is 0 Å². The van der Waals surface area contributed by atoms with Crippen LogP contribution in [0.3, 0.4) is 0 Å². The zero-order valence-corrected chi connectivity index (χ0v) is 8.49. The molecular formula is C9H19NS. The number of thioether (sulfide) groups is 1. The van der Waals surface area contributed by atoms with Gasteiger partial charge < -0.3 is 4.90 Å². The van der Waals surface area contributed by atoms with Gasteiger partial charge in [-0.05, 0) is 31.1 Å². The minimum Gasteiger partial charge on any atom is -0.378 e. The molecule has 0 aliphatic rings. The fraction of sp³-hybridized carbons (Fsp3) is 0.778. The fourth-order valence-corrected chi connectivity index (χ4v) is 1.51. The third kappa shape index (κ3) is 6.29. The van der Waals surface area contributed by atoms with Crippen molar-refractivity contribution in [2.24, 2.45) is 0 Å². The first-order valence-corrected chi connectivity index (χ1v) is 5.45. The van der Waals surface area contributed by atoms with Crippen LogP contribution in [0.4, 0.5) is 0 Å². The normalized spacial score (nSPS) is 9.64. The second-order valence-corrected chi connectivity index (χ2v) is 3.76. The molecule has 0 saturated carbocycles. The molecule has 0 atom stereocenters. The molecule has 0 fully saturated rings. The van der Waals surface area contributed by atoms with E-state index in [4.69, 9.17) is 0 Å². The van der Waals surface area contributed by atoms with Crippen LogP contribution in [0.1, 0.15) is 20.3 Å². The lowest BCUT2D eigenvalue weighted by molar-refractivity contribution is 0.398. The summed E-state index contributed by atoms with van der Waals surface area (Å²) in [5, 5.41) is 0. The van der Waals surface area contributed by atoms with Crippen molar-refractivity contribution in [2.45, 2.75) is 20.3 Å². The molecule has 0 rings (SSSR count). The first-order valence-electron chi connectivity index (χ1n) is 4.29. The Balaban J connectivity index is 3.14. The lowest BCUT2D eigenvalue weighted by Crippen LogP contribution is -2.17. The smallest absolute Gasteiger partial charge is 0.0180 e. The summed E-state index contributed by atoms with van der Waals surface area (Å²) < 4.78 is 0. The lowest BCUT2D eigenvalue weighted by atomic mass is 10.4. The topological polar surface area (TPSA) is 3.24 Å². The molecule has 0 aromatic carbocycles. The van der Waals surface area contributed by atoms with E-state index in [1.807, 2.05) is 18.0 Å². The van der Waals surface area contributed by atoms with Gasteiger partial charge in [0.1, 0.15) is 0 Å².